The smallest absolute Gasteiger partial charge is 0.305 e. The Morgan fingerprint density at radius 3 is 2.35 bits per heavy atom. The molecule has 0 spiro atoms. The monoisotopic (exact) mass is 562 g/mol. The second-order valence-corrected chi connectivity index (χ2v) is 12.4. The van der Waals surface area contributed by atoms with Crippen LogP contribution in [0, 0.1) is 23.7 Å². The van der Waals surface area contributed by atoms with Crippen molar-refractivity contribution in [3.8, 4) is 0 Å². The van der Waals surface area contributed by atoms with Crippen molar-refractivity contribution in [3.05, 3.63) is 24.3 Å². The zero-order valence-electron chi connectivity index (χ0n) is 24.9. The highest BCUT2D eigenvalue weighted by Gasteiger charge is 2.43. The van der Waals surface area contributed by atoms with E-state index in [1.54, 1.807) is 0 Å². The maximum absolute atomic E-state index is 11.4. The number of hydrogen-bond donors (Lipinski definition) is 1. The number of ether oxygens (including phenoxy) is 5. The van der Waals surface area contributed by atoms with Crippen molar-refractivity contribution in [1.82, 2.24) is 0 Å². The highest BCUT2D eigenvalue weighted by atomic mass is 16.7. The summed E-state index contributed by atoms with van der Waals surface area (Å²) in [7, 11) is 1.43. The fraction of sp³-hybridized carbons (Fsp3) is 0.848. The number of methoxy groups -OCH3 is 1. The lowest BCUT2D eigenvalue weighted by molar-refractivity contribution is -0.193. The molecule has 2 saturated heterocycles. The molecule has 8 atom stereocenters. The predicted molar refractivity (Wildman–Crippen MR) is 154 cm³/mol. The number of esters is 1. The van der Waals surface area contributed by atoms with Gasteiger partial charge in [0.05, 0.1) is 25.4 Å². The summed E-state index contributed by atoms with van der Waals surface area (Å²) in [6.45, 7) is 3.86. The van der Waals surface area contributed by atoms with Crippen LogP contribution in [0.1, 0.15) is 103 Å². The second-order valence-electron chi connectivity index (χ2n) is 12.4. The van der Waals surface area contributed by atoms with E-state index in [2.05, 4.69) is 31.2 Å². The Labute approximate surface area is 242 Å². The molecule has 1 N–H and O–H groups in total. The summed E-state index contributed by atoms with van der Waals surface area (Å²) in [5, 5.41) is 11.2. The molecular weight excluding hydrogens is 508 g/mol. The summed E-state index contributed by atoms with van der Waals surface area (Å²) in [4.78, 5) is 11.4. The van der Waals surface area contributed by atoms with Gasteiger partial charge in [-0.3, -0.25) is 4.79 Å². The first kappa shape index (κ1) is 31.7. The van der Waals surface area contributed by atoms with Crippen LogP contribution in [0.4, 0.5) is 0 Å². The van der Waals surface area contributed by atoms with Crippen molar-refractivity contribution >= 4 is 5.97 Å². The molecule has 4 fully saturated rings. The van der Waals surface area contributed by atoms with Crippen LogP contribution in [0.3, 0.4) is 0 Å². The van der Waals surface area contributed by atoms with Gasteiger partial charge in [0, 0.05) is 32.0 Å². The van der Waals surface area contributed by atoms with Gasteiger partial charge in [-0.2, -0.15) is 0 Å². The van der Waals surface area contributed by atoms with E-state index in [-0.39, 0.29) is 42.6 Å². The summed E-state index contributed by atoms with van der Waals surface area (Å²) in [6, 6.07) is 0. The molecule has 228 valence electrons. The van der Waals surface area contributed by atoms with Gasteiger partial charge in [0.1, 0.15) is 0 Å². The van der Waals surface area contributed by atoms with Crippen LogP contribution in [0.5, 0.6) is 0 Å². The van der Waals surface area contributed by atoms with Crippen LogP contribution in [0.25, 0.3) is 0 Å². The zero-order chi connectivity index (χ0) is 28.2. The van der Waals surface area contributed by atoms with Gasteiger partial charge < -0.3 is 28.8 Å². The van der Waals surface area contributed by atoms with E-state index in [4.69, 9.17) is 23.7 Å². The average molecular weight is 563 g/mol. The number of allylic oxidation sites excluding steroid dienone is 2. The minimum atomic E-state index is -0.434. The molecule has 7 nitrogen and oxygen atoms in total. The molecule has 0 aromatic carbocycles. The molecule has 2 aliphatic carbocycles. The first-order chi connectivity index (χ1) is 19.5. The van der Waals surface area contributed by atoms with Crippen LogP contribution < -0.4 is 0 Å². The molecule has 7 heteroatoms. The third-order valence-corrected chi connectivity index (χ3v) is 9.54. The largest absolute Gasteiger partial charge is 0.469 e. The Hall–Kier alpha value is -1.25. The molecule has 40 heavy (non-hydrogen) atoms. The van der Waals surface area contributed by atoms with Gasteiger partial charge in [0.15, 0.2) is 12.6 Å². The molecule has 2 saturated carbocycles. The number of carbonyl (C=O) groups excluding carboxylic acids is 1. The van der Waals surface area contributed by atoms with Gasteiger partial charge in [-0.05, 0) is 75.5 Å². The number of unbranched alkanes of at least 4 members (excludes halogenated alkanes) is 1. The second kappa shape index (κ2) is 17.0. The number of carbonyl (C=O) groups is 1. The lowest BCUT2D eigenvalue weighted by atomic mass is 9.85. The average Bonchev–Trinajstić information content (AvgIpc) is 3.62. The van der Waals surface area contributed by atoms with Crippen molar-refractivity contribution in [1.29, 1.82) is 0 Å². The van der Waals surface area contributed by atoms with Crippen molar-refractivity contribution in [2.75, 3.05) is 20.3 Å². The summed E-state index contributed by atoms with van der Waals surface area (Å²) < 4.78 is 29.8. The fourth-order valence-electron chi connectivity index (χ4n) is 7.01. The van der Waals surface area contributed by atoms with Crippen molar-refractivity contribution < 1.29 is 33.6 Å². The topological polar surface area (TPSA) is 83.5 Å². The molecule has 3 unspecified atom stereocenters. The Kier molecular flexibility index (Phi) is 13.5. The molecule has 0 amide bonds. The normalized spacial score (nSPS) is 33.6. The molecular formula is C33H54O7. The first-order valence-corrected chi connectivity index (χ1v) is 16.2. The molecule has 0 aromatic heterocycles. The first-order valence-electron chi connectivity index (χ1n) is 16.2. The third-order valence-electron chi connectivity index (χ3n) is 9.54. The SMILES string of the molecule is COC(=O)CCCC=CC[C@@H]1[C@@H](C=C[C@H](OC2CCCCO2)C(C)C2CCCC2)[C@H](OC2CCCCO2)C[C@@H]1O. The van der Waals surface area contributed by atoms with Gasteiger partial charge in [0.2, 0.25) is 0 Å². The van der Waals surface area contributed by atoms with Crippen LogP contribution in [0.15, 0.2) is 24.3 Å². The molecule has 0 bridgehead atoms. The quantitative estimate of drug-likeness (QED) is 0.147. The van der Waals surface area contributed by atoms with E-state index in [9.17, 15) is 9.90 Å². The van der Waals surface area contributed by atoms with E-state index < -0.39 is 6.10 Å². The van der Waals surface area contributed by atoms with Crippen molar-refractivity contribution in [2.24, 2.45) is 23.7 Å². The van der Waals surface area contributed by atoms with Gasteiger partial charge in [0.25, 0.3) is 0 Å². The van der Waals surface area contributed by atoms with E-state index in [1.807, 2.05) is 0 Å². The van der Waals surface area contributed by atoms with Crippen molar-refractivity contribution in [2.45, 2.75) is 134 Å². The molecule has 2 heterocycles. The van der Waals surface area contributed by atoms with Crippen LogP contribution in [-0.4, -0.2) is 62.3 Å². The molecule has 2 aliphatic heterocycles. The molecule has 0 aromatic rings. The lowest BCUT2D eigenvalue weighted by Gasteiger charge is -2.33. The molecule has 4 aliphatic rings. The molecule has 4 rings (SSSR count). The third kappa shape index (κ3) is 9.65. The maximum Gasteiger partial charge on any atom is 0.305 e. The Bertz CT molecular complexity index is 780. The van der Waals surface area contributed by atoms with Crippen molar-refractivity contribution in [3.63, 3.8) is 0 Å². The fourth-order valence-corrected chi connectivity index (χ4v) is 7.01. The zero-order valence-corrected chi connectivity index (χ0v) is 24.9. The number of aliphatic hydroxyl groups excluding tert-OH is 1. The van der Waals surface area contributed by atoms with Gasteiger partial charge in [-0.1, -0.05) is 56.9 Å². The standard InChI is InChI=1S/C33H54O7/c1-24(25-13-7-8-14-25)29(39-32-17-9-11-21-37-32)20-19-27-26(15-5-3-4-6-16-31(35)36-2)28(34)23-30(27)40-33-18-10-12-22-38-33/h3,5,19-20,24-30,32-34H,4,6-18,21-23H2,1-2H3/t24?,26-,27-,28+,29+,30-,32?,33?/m1/s1. The lowest BCUT2D eigenvalue weighted by Crippen LogP contribution is -2.34. The summed E-state index contributed by atoms with van der Waals surface area (Å²) in [5.74, 6) is 1.07. The predicted octanol–water partition coefficient (Wildman–Crippen LogP) is 6.48. The summed E-state index contributed by atoms with van der Waals surface area (Å²) >= 11 is 0. The van der Waals surface area contributed by atoms with Crippen LogP contribution in [0.2, 0.25) is 0 Å². The van der Waals surface area contributed by atoms with E-state index >= 15 is 0 Å². The summed E-state index contributed by atoms with van der Waals surface area (Å²) in [6.07, 6.45) is 22.9. The number of rotatable bonds is 14. The molecule has 0 radical (unpaired) electrons. The minimum absolute atomic E-state index is 0.00922. The highest BCUT2D eigenvalue weighted by Crippen LogP contribution is 2.41. The van der Waals surface area contributed by atoms with Crippen LogP contribution >= 0.6 is 0 Å². The minimum Gasteiger partial charge on any atom is -0.469 e. The van der Waals surface area contributed by atoms with Gasteiger partial charge in [-0.15, -0.1) is 0 Å². The van der Waals surface area contributed by atoms with E-state index in [1.165, 1.54) is 32.8 Å². The number of aliphatic hydroxyl groups is 1. The maximum atomic E-state index is 11.4. The summed E-state index contributed by atoms with van der Waals surface area (Å²) in [5.41, 5.74) is 0. The Morgan fingerprint density at radius 2 is 1.68 bits per heavy atom. The van der Waals surface area contributed by atoms with E-state index in [0.29, 0.717) is 24.7 Å². The van der Waals surface area contributed by atoms with Gasteiger partial charge >= 0.3 is 5.97 Å². The van der Waals surface area contributed by atoms with Gasteiger partial charge in [-0.25, -0.2) is 0 Å². The number of hydrogen-bond acceptors (Lipinski definition) is 7. The Balaban J connectivity index is 1.45. The van der Waals surface area contributed by atoms with E-state index in [0.717, 1.165) is 71.0 Å². The van der Waals surface area contributed by atoms with Crippen LogP contribution in [-0.2, 0) is 28.5 Å². The Morgan fingerprint density at radius 1 is 0.975 bits per heavy atom. The highest BCUT2D eigenvalue weighted by molar-refractivity contribution is 5.69.